The number of primary amides is 1. The summed E-state index contributed by atoms with van der Waals surface area (Å²) in [5.74, 6) is -1.50. The largest absolute Gasteiger partial charge is 0.396 e. The molecule has 2 aromatic heterocycles. The fourth-order valence-electron chi connectivity index (χ4n) is 1.29. The van der Waals surface area contributed by atoms with Crippen LogP contribution in [0.5, 0.6) is 0 Å². The number of nitrogens with two attached hydrogens (primary N) is 2. The van der Waals surface area contributed by atoms with Crippen molar-refractivity contribution in [2.24, 2.45) is 5.73 Å². The minimum atomic E-state index is -0.785. The third kappa shape index (κ3) is 1.80. The Labute approximate surface area is 95.3 Å². The molecule has 88 valence electrons. The number of anilines is 1. The van der Waals surface area contributed by atoms with Gasteiger partial charge in [-0.3, -0.25) is 4.79 Å². The maximum Gasteiger partial charge on any atom is 0.271 e. The number of hydrogen-bond acceptors (Lipinski definition) is 5. The molecule has 17 heavy (non-hydrogen) atoms. The molecule has 0 spiro atoms. The zero-order valence-corrected chi connectivity index (χ0v) is 8.88. The van der Waals surface area contributed by atoms with Crippen molar-refractivity contribution in [2.75, 3.05) is 5.73 Å². The minimum absolute atomic E-state index is 0.0631. The third-order valence-corrected chi connectivity index (χ3v) is 2.14. The van der Waals surface area contributed by atoms with E-state index in [-0.39, 0.29) is 22.9 Å². The maximum absolute atomic E-state index is 13.7. The molecule has 0 saturated heterocycles. The van der Waals surface area contributed by atoms with Gasteiger partial charge in [0.1, 0.15) is 6.33 Å². The fourth-order valence-corrected chi connectivity index (χ4v) is 1.29. The first kappa shape index (κ1) is 11.0. The van der Waals surface area contributed by atoms with Gasteiger partial charge in [-0.2, -0.15) is 5.10 Å². The second-order valence-corrected chi connectivity index (χ2v) is 3.34. The zero-order valence-electron chi connectivity index (χ0n) is 8.88. The van der Waals surface area contributed by atoms with Gasteiger partial charge in [-0.05, 0) is 6.92 Å². The van der Waals surface area contributed by atoms with E-state index < -0.39 is 11.7 Å². The van der Waals surface area contributed by atoms with E-state index in [9.17, 15) is 9.18 Å². The number of amides is 1. The van der Waals surface area contributed by atoms with Crippen LogP contribution in [0.1, 0.15) is 16.2 Å². The van der Waals surface area contributed by atoms with Crippen LogP contribution in [0.4, 0.5) is 10.1 Å². The van der Waals surface area contributed by atoms with Crippen LogP contribution in [-0.2, 0) is 0 Å². The summed E-state index contributed by atoms with van der Waals surface area (Å²) in [6.07, 6.45) is 2.46. The van der Waals surface area contributed by atoms with Crippen LogP contribution in [0.3, 0.4) is 0 Å². The second-order valence-electron chi connectivity index (χ2n) is 3.34. The Morgan fingerprint density at radius 3 is 2.76 bits per heavy atom. The van der Waals surface area contributed by atoms with Crippen molar-refractivity contribution in [2.45, 2.75) is 6.92 Å². The lowest BCUT2D eigenvalue weighted by molar-refractivity contribution is 0.0996. The van der Waals surface area contributed by atoms with Crippen molar-refractivity contribution in [3.8, 4) is 5.82 Å². The summed E-state index contributed by atoms with van der Waals surface area (Å²) in [5, 5.41) is 3.77. The monoisotopic (exact) mass is 236 g/mol. The lowest BCUT2D eigenvalue weighted by atomic mass is 10.4. The summed E-state index contributed by atoms with van der Waals surface area (Å²) in [4.78, 5) is 18.4. The molecule has 2 rings (SSSR count). The van der Waals surface area contributed by atoms with Crippen LogP contribution in [-0.4, -0.2) is 25.7 Å². The quantitative estimate of drug-likeness (QED) is 0.749. The van der Waals surface area contributed by atoms with Gasteiger partial charge >= 0.3 is 0 Å². The Bertz CT molecular complexity index is 593. The molecule has 8 heteroatoms. The number of nitrogens with zero attached hydrogens (tertiary/aromatic N) is 4. The predicted molar refractivity (Wildman–Crippen MR) is 56.8 cm³/mol. The lowest BCUT2D eigenvalue weighted by Crippen LogP contribution is -2.14. The van der Waals surface area contributed by atoms with Crippen molar-refractivity contribution in [3.63, 3.8) is 0 Å². The molecule has 0 aliphatic carbocycles. The van der Waals surface area contributed by atoms with Gasteiger partial charge in [0.25, 0.3) is 5.91 Å². The Balaban J connectivity index is 2.58. The topological polar surface area (TPSA) is 113 Å². The highest BCUT2D eigenvalue weighted by Gasteiger charge is 2.16. The van der Waals surface area contributed by atoms with E-state index in [1.807, 2.05) is 0 Å². The van der Waals surface area contributed by atoms with Gasteiger partial charge in [-0.1, -0.05) is 0 Å². The maximum atomic E-state index is 13.7. The highest BCUT2D eigenvalue weighted by atomic mass is 19.1. The zero-order chi connectivity index (χ0) is 12.6. The van der Waals surface area contributed by atoms with E-state index in [1.54, 1.807) is 0 Å². The molecule has 0 saturated carbocycles. The molecule has 0 aliphatic heterocycles. The predicted octanol–water partition coefficient (Wildman–Crippen LogP) is -0.209. The SMILES string of the molecule is Cc1ncnc(-n2cc(N)c(C(N)=O)n2)c1F. The van der Waals surface area contributed by atoms with E-state index in [0.29, 0.717) is 0 Å². The highest BCUT2D eigenvalue weighted by molar-refractivity contribution is 5.95. The van der Waals surface area contributed by atoms with E-state index in [1.165, 1.54) is 19.4 Å². The first-order chi connectivity index (χ1) is 8.00. The molecular formula is C9H9FN6O. The van der Waals surface area contributed by atoms with Crippen LogP contribution in [0.2, 0.25) is 0 Å². The number of aromatic nitrogens is 4. The van der Waals surface area contributed by atoms with Crippen LogP contribution < -0.4 is 11.5 Å². The number of carbonyl (C=O) groups excluding carboxylic acids is 1. The molecule has 0 aliphatic rings. The molecule has 7 nitrogen and oxygen atoms in total. The molecular weight excluding hydrogens is 227 g/mol. The lowest BCUT2D eigenvalue weighted by Gasteiger charge is -2.02. The van der Waals surface area contributed by atoms with Crippen LogP contribution >= 0.6 is 0 Å². The average molecular weight is 236 g/mol. The van der Waals surface area contributed by atoms with Gasteiger partial charge < -0.3 is 11.5 Å². The summed E-state index contributed by atoms with van der Waals surface area (Å²) in [6, 6.07) is 0. The smallest absolute Gasteiger partial charge is 0.271 e. The molecule has 0 aromatic carbocycles. The van der Waals surface area contributed by atoms with Gasteiger partial charge in [0.15, 0.2) is 17.3 Å². The molecule has 0 radical (unpaired) electrons. The summed E-state index contributed by atoms with van der Waals surface area (Å²) in [5.41, 5.74) is 10.7. The second kappa shape index (κ2) is 3.81. The normalized spacial score (nSPS) is 10.5. The minimum Gasteiger partial charge on any atom is -0.396 e. The summed E-state index contributed by atoms with van der Waals surface area (Å²) >= 11 is 0. The van der Waals surface area contributed by atoms with Crippen molar-refractivity contribution in [3.05, 3.63) is 29.7 Å². The summed E-state index contributed by atoms with van der Waals surface area (Å²) in [6.45, 7) is 1.49. The number of aryl methyl sites for hydroxylation is 1. The number of halogens is 1. The molecule has 2 aromatic rings. The van der Waals surface area contributed by atoms with E-state index in [2.05, 4.69) is 15.1 Å². The van der Waals surface area contributed by atoms with Crippen LogP contribution in [0.25, 0.3) is 5.82 Å². The van der Waals surface area contributed by atoms with Gasteiger partial charge in [-0.15, -0.1) is 0 Å². The first-order valence-electron chi connectivity index (χ1n) is 4.63. The fraction of sp³-hybridized carbons (Fsp3) is 0.111. The van der Waals surface area contributed by atoms with Gasteiger partial charge in [0, 0.05) is 0 Å². The molecule has 0 fully saturated rings. The Morgan fingerprint density at radius 2 is 2.18 bits per heavy atom. The van der Waals surface area contributed by atoms with E-state index >= 15 is 0 Å². The van der Waals surface area contributed by atoms with Gasteiger partial charge in [0.2, 0.25) is 0 Å². The third-order valence-electron chi connectivity index (χ3n) is 2.14. The number of carbonyl (C=O) groups is 1. The number of nitrogen functional groups attached to an aromatic ring is 1. The first-order valence-corrected chi connectivity index (χ1v) is 4.63. The van der Waals surface area contributed by atoms with Gasteiger partial charge in [-0.25, -0.2) is 19.0 Å². The molecule has 2 heterocycles. The molecule has 0 atom stereocenters. The average Bonchev–Trinajstić information content (AvgIpc) is 2.64. The standard InChI is InChI=1S/C9H9FN6O/c1-4-6(10)9(14-3-13-4)16-2-5(11)7(15-16)8(12)17/h2-3H,11H2,1H3,(H2,12,17). The number of rotatable bonds is 2. The van der Waals surface area contributed by atoms with Crippen molar-refractivity contribution >= 4 is 11.6 Å². The van der Waals surface area contributed by atoms with Crippen molar-refractivity contribution < 1.29 is 9.18 Å². The molecule has 4 N–H and O–H groups in total. The Hall–Kier alpha value is -2.51. The summed E-state index contributed by atoms with van der Waals surface area (Å²) in [7, 11) is 0. The summed E-state index contributed by atoms with van der Waals surface area (Å²) < 4.78 is 14.7. The Morgan fingerprint density at radius 1 is 1.47 bits per heavy atom. The van der Waals surface area contributed by atoms with E-state index in [4.69, 9.17) is 11.5 Å². The molecule has 0 unspecified atom stereocenters. The Kier molecular flexibility index (Phi) is 2.47. The molecule has 0 bridgehead atoms. The van der Waals surface area contributed by atoms with Crippen LogP contribution in [0, 0.1) is 12.7 Å². The van der Waals surface area contributed by atoms with E-state index in [0.717, 1.165) is 4.68 Å². The van der Waals surface area contributed by atoms with Gasteiger partial charge in [0.05, 0.1) is 17.6 Å². The van der Waals surface area contributed by atoms with Crippen molar-refractivity contribution in [1.82, 2.24) is 19.7 Å². The number of hydrogen-bond donors (Lipinski definition) is 2. The molecule has 1 amide bonds. The van der Waals surface area contributed by atoms with Crippen LogP contribution in [0.15, 0.2) is 12.5 Å². The highest BCUT2D eigenvalue weighted by Crippen LogP contribution is 2.15. The van der Waals surface area contributed by atoms with Crippen molar-refractivity contribution in [1.29, 1.82) is 0 Å².